The van der Waals surface area contributed by atoms with Crippen molar-refractivity contribution in [2.75, 3.05) is 55.5 Å². The summed E-state index contributed by atoms with van der Waals surface area (Å²) in [5.41, 5.74) is 5.41. The summed E-state index contributed by atoms with van der Waals surface area (Å²) in [6.45, 7) is 0.881. The van der Waals surface area contributed by atoms with Gasteiger partial charge in [-0.3, -0.25) is 9.10 Å². The van der Waals surface area contributed by atoms with Crippen molar-refractivity contribution in [3.8, 4) is 0 Å². The number of H-pyrrole nitrogens is 1. The van der Waals surface area contributed by atoms with E-state index >= 15 is 0 Å². The quantitative estimate of drug-likeness (QED) is 0.202. The minimum absolute atomic E-state index is 0.315. The molecule has 1 aliphatic heterocycles. The molecule has 0 aliphatic carbocycles. The number of carbonyl (C=O) groups excluding carboxylic acids is 2. The molecule has 0 atom stereocenters. The number of likely N-dealkylation sites (N-methyl/N-ethyl adjacent to an activating group) is 1. The highest BCUT2D eigenvalue weighted by Gasteiger charge is 2.29. The van der Waals surface area contributed by atoms with Gasteiger partial charge in [0.05, 0.1) is 41.6 Å². The van der Waals surface area contributed by atoms with E-state index in [1.807, 2.05) is 49.5 Å². The smallest absolute Gasteiger partial charge is 0.337 e. The molecule has 3 N–H and O–H groups in total. The van der Waals surface area contributed by atoms with Crippen molar-refractivity contribution in [3.05, 3.63) is 89.6 Å². The zero-order valence-corrected chi connectivity index (χ0v) is 24.0. The summed E-state index contributed by atoms with van der Waals surface area (Å²) in [4.78, 5) is 30.6. The van der Waals surface area contributed by atoms with Crippen molar-refractivity contribution in [2.24, 2.45) is 0 Å². The Labute approximate surface area is 238 Å². The van der Waals surface area contributed by atoms with E-state index < -0.39 is 16.0 Å². The van der Waals surface area contributed by atoms with Crippen LogP contribution in [0.5, 0.6) is 0 Å². The molecular formula is C30H31N5O5S. The van der Waals surface area contributed by atoms with Crippen LogP contribution in [0, 0.1) is 0 Å². The predicted octanol–water partition coefficient (Wildman–Crippen LogP) is 4.21. The molecule has 0 saturated carbocycles. The lowest BCUT2D eigenvalue weighted by atomic mass is 9.98. The Morgan fingerprint density at radius 1 is 0.951 bits per heavy atom. The summed E-state index contributed by atoms with van der Waals surface area (Å²) in [5, 5.41) is 7.25. The van der Waals surface area contributed by atoms with Gasteiger partial charge in [0.25, 0.3) is 5.91 Å². The second-order valence-electron chi connectivity index (χ2n) is 10.0. The maximum Gasteiger partial charge on any atom is 0.337 e. The zero-order valence-electron chi connectivity index (χ0n) is 23.2. The summed E-state index contributed by atoms with van der Waals surface area (Å²) in [6, 6.07) is 19.8. The van der Waals surface area contributed by atoms with Gasteiger partial charge < -0.3 is 25.3 Å². The van der Waals surface area contributed by atoms with Gasteiger partial charge in [0, 0.05) is 41.4 Å². The van der Waals surface area contributed by atoms with Crippen molar-refractivity contribution < 1.29 is 22.7 Å². The van der Waals surface area contributed by atoms with Crippen LogP contribution in [-0.4, -0.2) is 70.7 Å². The molecule has 212 valence electrons. The average molecular weight is 574 g/mol. The number of carbonyl (C=O) groups is 2. The largest absolute Gasteiger partial charge is 0.465 e. The Morgan fingerprint density at radius 3 is 2.37 bits per heavy atom. The lowest BCUT2D eigenvalue weighted by Gasteiger charge is -2.24. The normalized spacial score (nSPS) is 14.1. The van der Waals surface area contributed by atoms with Gasteiger partial charge in [-0.2, -0.15) is 0 Å². The van der Waals surface area contributed by atoms with Crippen molar-refractivity contribution in [1.82, 2.24) is 9.88 Å². The molecular weight excluding hydrogens is 542 g/mol. The monoisotopic (exact) mass is 573 g/mol. The van der Waals surface area contributed by atoms with E-state index in [-0.39, 0.29) is 5.91 Å². The average Bonchev–Trinajstić information content (AvgIpc) is 3.53. The van der Waals surface area contributed by atoms with E-state index in [9.17, 15) is 18.0 Å². The van der Waals surface area contributed by atoms with Gasteiger partial charge in [-0.25, -0.2) is 13.2 Å². The van der Waals surface area contributed by atoms with Crippen LogP contribution in [-0.2, 0) is 19.6 Å². The number of aromatic nitrogens is 1. The van der Waals surface area contributed by atoms with Crippen LogP contribution in [0.4, 0.5) is 17.1 Å². The topological polar surface area (TPSA) is 124 Å². The van der Waals surface area contributed by atoms with Gasteiger partial charge in [-0.15, -0.1) is 0 Å². The molecule has 0 spiro atoms. The van der Waals surface area contributed by atoms with Crippen LogP contribution in [0.25, 0.3) is 22.2 Å². The number of rotatable bonds is 9. The van der Waals surface area contributed by atoms with Gasteiger partial charge >= 0.3 is 5.97 Å². The Hall–Kier alpha value is -4.61. The summed E-state index contributed by atoms with van der Waals surface area (Å²) < 4.78 is 31.2. The predicted molar refractivity (Wildman–Crippen MR) is 162 cm³/mol. The van der Waals surface area contributed by atoms with Crippen LogP contribution < -0.4 is 14.9 Å². The molecule has 0 unspecified atom stereocenters. The van der Waals surface area contributed by atoms with Gasteiger partial charge in [0.1, 0.15) is 0 Å². The second kappa shape index (κ2) is 11.1. The maximum absolute atomic E-state index is 13.4. The minimum Gasteiger partial charge on any atom is -0.465 e. The number of esters is 1. The van der Waals surface area contributed by atoms with E-state index in [1.54, 1.807) is 42.5 Å². The zero-order chi connectivity index (χ0) is 29.3. The van der Waals surface area contributed by atoms with Gasteiger partial charge in [0.2, 0.25) is 10.0 Å². The third kappa shape index (κ3) is 5.81. The number of benzene rings is 3. The van der Waals surface area contributed by atoms with E-state index in [0.717, 1.165) is 16.5 Å². The molecule has 2 heterocycles. The van der Waals surface area contributed by atoms with Crippen LogP contribution in [0.2, 0.25) is 0 Å². The third-order valence-electron chi connectivity index (χ3n) is 6.85. The number of aromatic amines is 1. The Kier molecular flexibility index (Phi) is 7.57. The molecule has 0 bridgehead atoms. The van der Waals surface area contributed by atoms with Crippen LogP contribution in [0.15, 0.2) is 72.9 Å². The fourth-order valence-electron chi connectivity index (χ4n) is 4.79. The number of sulfonamides is 1. The van der Waals surface area contributed by atoms with E-state index in [4.69, 9.17) is 4.74 Å². The number of anilines is 3. The molecule has 10 nitrogen and oxygen atoms in total. The van der Waals surface area contributed by atoms with Crippen molar-refractivity contribution in [2.45, 2.75) is 0 Å². The molecule has 41 heavy (non-hydrogen) atoms. The van der Waals surface area contributed by atoms with Crippen molar-refractivity contribution in [3.63, 3.8) is 0 Å². The van der Waals surface area contributed by atoms with Gasteiger partial charge in [0.15, 0.2) is 0 Å². The van der Waals surface area contributed by atoms with Crippen LogP contribution in [0.3, 0.4) is 0 Å². The first kappa shape index (κ1) is 27.9. The first-order chi connectivity index (χ1) is 19.5. The Balaban J connectivity index is 1.57. The molecule has 0 fully saturated rings. The number of amides is 1. The molecule has 1 aromatic heterocycles. The fourth-order valence-corrected chi connectivity index (χ4v) is 5.70. The van der Waals surface area contributed by atoms with Crippen LogP contribution in [0.1, 0.15) is 21.5 Å². The van der Waals surface area contributed by atoms with E-state index in [1.165, 1.54) is 17.7 Å². The Bertz CT molecular complexity index is 1770. The number of hydrogen-bond acceptors (Lipinski definition) is 7. The van der Waals surface area contributed by atoms with Gasteiger partial charge in [-0.05, 0) is 74.3 Å². The highest BCUT2D eigenvalue weighted by molar-refractivity contribution is 7.92. The molecule has 0 radical (unpaired) electrons. The Morgan fingerprint density at radius 2 is 1.68 bits per heavy atom. The molecule has 3 aromatic carbocycles. The first-order valence-corrected chi connectivity index (χ1v) is 14.8. The lowest BCUT2D eigenvalue weighted by molar-refractivity contribution is -0.110. The lowest BCUT2D eigenvalue weighted by Crippen LogP contribution is -2.35. The SMILES string of the molecule is COC(=O)c1ccc2c(c1)NC(=O)/C2=C(\Nc1ccc(N(CCN(C)C)S(C)(=O)=O)cc1)c1ccc2[nH]ccc2c1. The van der Waals surface area contributed by atoms with E-state index in [0.29, 0.717) is 52.5 Å². The number of ether oxygens (including phenoxy) is 1. The molecule has 1 aliphatic rings. The van der Waals surface area contributed by atoms with Crippen molar-refractivity contribution in [1.29, 1.82) is 0 Å². The standard InChI is InChI=1S/C30H31N5O5S/c1-34(2)15-16-35(41(4,38)39)23-9-7-22(8-10-23)32-28(20-6-12-25-19(17-20)13-14-31-25)27-24-11-5-21(30(37)40-3)18-26(24)33-29(27)36/h5-14,17-18,31-32H,15-16H2,1-4H3,(H,33,36)/b28-27-. The molecule has 4 aromatic rings. The highest BCUT2D eigenvalue weighted by Crippen LogP contribution is 2.39. The number of hydrogen-bond donors (Lipinski definition) is 3. The number of nitrogens with zero attached hydrogens (tertiary/aromatic N) is 2. The first-order valence-electron chi connectivity index (χ1n) is 12.9. The minimum atomic E-state index is -3.49. The van der Waals surface area contributed by atoms with Gasteiger partial charge in [-0.1, -0.05) is 12.1 Å². The number of methoxy groups -OCH3 is 1. The molecule has 0 saturated heterocycles. The van der Waals surface area contributed by atoms with Crippen LogP contribution >= 0.6 is 0 Å². The number of nitrogens with one attached hydrogen (secondary N) is 3. The third-order valence-corrected chi connectivity index (χ3v) is 8.05. The molecule has 11 heteroatoms. The highest BCUT2D eigenvalue weighted by atomic mass is 32.2. The number of fused-ring (bicyclic) bond motifs is 2. The summed E-state index contributed by atoms with van der Waals surface area (Å²) >= 11 is 0. The van der Waals surface area contributed by atoms with Crippen molar-refractivity contribution >= 4 is 61.1 Å². The second-order valence-corrected chi connectivity index (χ2v) is 12.0. The summed E-state index contributed by atoms with van der Waals surface area (Å²) in [5.74, 6) is -0.813. The van der Waals surface area contributed by atoms with E-state index in [2.05, 4.69) is 15.6 Å². The maximum atomic E-state index is 13.4. The molecule has 5 rings (SSSR count). The summed E-state index contributed by atoms with van der Waals surface area (Å²) in [6.07, 6.45) is 3.04. The molecule has 1 amide bonds. The fraction of sp³-hybridized carbons (Fsp3) is 0.200. The summed E-state index contributed by atoms with van der Waals surface area (Å²) in [7, 11) is 1.60.